The van der Waals surface area contributed by atoms with Crippen molar-refractivity contribution >= 4 is 9.84 Å². The van der Waals surface area contributed by atoms with Crippen molar-refractivity contribution in [2.24, 2.45) is 0 Å². The molecule has 0 saturated heterocycles. The number of methoxy groups -OCH3 is 1. The molecule has 0 aliphatic heterocycles. The molecule has 2 aromatic carbocycles. The summed E-state index contributed by atoms with van der Waals surface area (Å²) in [6.07, 6.45) is 0. The molecular weight excluding hydrogens is 272 g/mol. The number of hydrogen-bond donors (Lipinski definition) is 0. The molecule has 2 rings (SSSR count). The first-order valence-electron chi connectivity index (χ1n) is 6.35. The molecule has 0 N–H and O–H groups in total. The van der Waals surface area contributed by atoms with Gasteiger partial charge in [0.25, 0.3) is 0 Å². The second-order valence-electron chi connectivity index (χ2n) is 4.86. The molecule has 0 bridgehead atoms. The van der Waals surface area contributed by atoms with E-state index in [-0.39, 0.29) is 5.75 Å². The first kappa shape index (κ1) is 14.6. The van der Waals surface area contributed by atoms with Crippen molar-refractivity contribution in [2.75, 3.05) is 7.11 Å². The van der Waals surface area contributed by atoms with Crippen molar-refractivity contribution < 1.29 is 13.2 Å². The van der Waals surface area contributed by atoms with Crippen LogP contribution >= 0.6 is 0 Å². The topological polar surface area (TPSA) is 43.4 Å². The zero-order chi connectivity index (χ0) is 14.8. The number of aryl methyl sites for hydroxylation is 2. The van der Waals surface area contributed by atoms with E-state index in [1.165, 1.54) is 0 Å². The third-order valence-corrected chi connectivity index (χ3v) is 5.01. The summed E-state index contributed by atoms with van der Waals surface area (Å²) in [7, 11) is -1.77. The van der Waals surface area contributed by atoms with E-state index < -0.39 is 9.84 Å². The van der Waals surface area contributed by atoms with E-state index in [2.05, 4.69) is 0 Å². The second-order valence-corrected chi connectivity index (χ2v) is 6.85. The summed E-state index contributed by atoms with van der Waals surface area (Å²) in [4.78, 5) is 0.364. The molecule has 0 amide bonds. The molecule has 0 atom stereocenters. The van der Waals surface area contributed by atoms with Gasteiger partial charge in [-0.05, 0) is 54.8 Å². The van der Waals surface area contributed by atoms with Gasteiger partial charge in [-0.2, -0.15) is 0 Å². The van der Waals surface area contributed by atoms with Crippen molar-refractivity contribution in [1.82, 2.24) is 0 Å². The van der Waals surface area contributed by atoms with Crippen LogP contribution in [0.15, 0.2) is 47.4 Å². The SMILES string of the molecule is COc1cccc(CS(=O)(=O)c2ccc(C)c(C)c2)c1. The summed E-state index contributed by atoms with van der Waals surface area (Å²) in [6.45, 7) is 3.88. The van der Waals surface area contributed by atoms with Gasteiger partial charge >= 0.3 is 0 Å². The van der Waals surface area contributed by atoms with Gasteiger partial charge in [0.05, 0.1) is 17.8 Å². The van der Waals surface area contributed by atoms with Crippen LogP contribution in [-0.2, 0) is 15.6 Å². The second kappa shape index (κ2) is 5.67. The van der Waals surface area contributed by atoms with Crippen LogP contribution in [0, 0.1) is 13.8 Å². The fourth-order valence-electron chi connectivity index (χ4n) is 1.97. The molecule has 0 spiro atoms. The molecule has 0 unspecified atom stereocenters. The smallest absolute Gasteiger partial charge is 0.182 e. The Hall–Kier alpha value is -1.81. The average molecular weight is 290 g/mol. The number of sulfone groups is 1. The molecule has 0 aliphatic carbocycles. The Balaban J connectivity index is 2.32. The maximum atomic E-state index is 12.4. The van der Waals surface area contributed by atoms with Crippen molar-refractivity contribution in [3.63, 3.8) is 0 Å². The molecule has 0 radical (unpaired) electrons. The van der Waals surface area contributed by atoms with E-state index in [9.17, 15) is 8.42 Å². The molecule has 20 heavy (non-hydrogen) atoms. The molecule has 0 saturated carbocycles. The van der Waals surface area contributed by atoms with Gasteiger partial charge in [0.1, 0.15) is 5.75 Å². The standard InChI is InChI=1S/C16H18O3S/c1-12-7-8-16(9-13(12)2)20(17,18)11-14-5-4-6-15(10-14)19-3/h4-10H,11H2,1-3H3. The molecule has 4 heteroatoms. The molecule has 0 aliphatic rings. The van der Waals surface area contributed by atoms with Crippen LogP contribution in [-0.4, -0.2) is 15.5 Å². The Morgan fingerprint density at radius 3 is 2.40 bits per heavy atom. The first-order valence-corrected chi connectivity index (χ1v) is 8.00. The Kier molecular flexibility index (Phi) is 4.14. The summed E-state index contributed by atoms with van der Waals surface area (Å²) in [5, 5.41) is 0. The van der Waals surface area contributed by atoms with E-state index >= 15 is 0 Å². The minimum Gasteiger partial charge on any atom is -0.497 e. The van der Waals surface area contributed by atoms with E-state index in [1.807, 2.05) is 19.9 Å². The quantitative estimate of drug-likeness (QED) is 0.868. The molecule has 2 aromatic rings. The van der Waals surface area contributed by atoms with Crippen LogP contribution in [0.2, 0.25) is 0 Å². The summed E-state index contributed by atoms with van der Waals surface area (Å²) in [5.41, 5.74) is 2.80. The van der Waals surface area contributed by atoms with Crippen molar-refractivity contribution in [1.29, 1.82) is 0 Å². The molecule has 0 heterocycles. The van der Waals surface area contributed by atoms with Gasteiger partial charge in [0.2, 0.25) is 0 Å². The summed E-state index contributed by atoms with van der Waals surface area (Å²) >= 11 is 0. The maximum Gasteiger partial charge on any atom is 0.182 e. The first-order chi connectivity index (χ1) is 9.42. The third-order valence-electron chi connectivity index (χ3n) is 3.33. The van der Waals surface area contributed by atoms with Crippen LogP contribution in [0.1, 0.15) is 16.7 Å². The fourth-order valence-corrected chi connectivity index (χ4v) is 3.39. The average Bonchev–Trinajstić information content (AvgIpc) is 2.41. The van der Waals surface area contributed by atoms with Crippen LogP contribution < -0.4 is 4.74 Å². The van der Waals surface area contributed by atoms with Crippen LogP contribution in [0.3, 0.4) is 0 Å². The lowest BCUT2D eigenvalue weighted by molar-refractivity contribution is 0.414. The van der Waals surface area contributed by atoms with Crippen molar-refractivity contribution in [2.45, 2.75) is 24.5 Å². The molecule has 0 aromatic heterocycles. The zero-order valence-corrected chi connectivity index (χ0v) is 12.7. The van der Waals surface area contributed by atoms with Gasteiger partial charge in [0.15, 0.2) is 9.84 Å². The fraction of sp³-hybridized carbons (Fsp3) is 0.250. The zero-order valence-electron chi connectivity index (χ0n) is 11.9. The summed E-state index contributed by atoms with van der Waals surface area (Å²) in [6, 6.07) is 12.4. The predicted octanol–water partition coefficient (Wildman–Crippen LogP) is 3.29. The Labute approximate surface area is 120 Å². The van der Waals surface area contributed by atoms with Crippen LogP contribution in [0.25, 0.3) is 0 Å². The molecule has 3 nitrogen and oxygen atoms in total. The number of rotatable bonds is 4. The monoisotopic (exact) mass is 290 g/mol. The lowest BCUT2D eigenvalue weighted by Crippen LogP contribution is -2.05. The number of benzene rings is 2. The lowest BCUT2D eigenvalue weighted by atomic mass is 10.1. The van der Waals surface area contributed by atoms with Gasteiger partial charge < -0.3 is 4.74 Å². The largest absolute Gasteiger partial charge is 0.497 e. The van der Waals surface area contributed by atoms with Crippen molar-refractivity contribution in [3.05, 3.63) is 59.2 Å². The van der Waals surface area contributed by atoms with E-state index in [0.29, 0.717) is 10.6 Å². The minimum atomic E-state index is -3.33. The Bertz CT molecular complexity index is 718. The molecular formula is C16H18O3S. The van der Waals surface area contributed by atoms with Gasteiger partial charge in [0, 0.05) is 0 Å². The maximum absolute atomic E-state index is 12.4. The van der Waals surface area contributed by atoms with Crippen molar-refractivity contribution in [3.8, 4) is 5.75 Å². The van der Waals surface area contributed by atoms with Crippen LogP contribution in [0.4, 0.5) is 0 Å². The van der Waals surface area contributed by atoms with E-state index in [1.54, 1.807) is 43.5 Å². The van der Waals surface area contributed by atoms with Gasteiger partial charge in [-0.25, -0.2) is 8.42 Å². The summed E-state index contributed by atoms with van der Waals surface area (Å²) < 4.78 is 30.0. The highest BCUT2D eigenvalue weighted by Crippen LogP contribution is 2.21. The molecule has 0 fully saturated rings. The van der Waals surface area contributed by atoms with E-state index in [4.69, 9.17) is 4.74 Å². The Morgan fingerprint density at radius 2 is 1.75 bits per heavy atom. The van der Waals surface area contributed by atoms with Gasteiger partial charge in [-0.1, -0.05) is 18.2 Å². The normalized spacial score (nSPS) is 11.3. The highest BCUT2D eigenvalue weighted by atomic mass is 32.2. The predicted molar refractivity (Wildman–Crippen MR) is 79.8 cm³/mol. The molecule has 106 valence electrons. The van der Waals surface area contributed by atoms with E-state index in [0.717, 1.165) is 16.7 Å². The Morgan fingerprint density at radius 1 is 1.00 bits per heavy atom. The van der Waals surface area contributed by atoms with Gasteiger partial charge in [-0.3, -0.25) is 0 Å². The number of hydrogen-bond acceptors (Lipinski definition) is 3. The highest BCUT2D eigenvalue weighted by molar-refractivity contribution is 7.90. The number of ether oxygens (including phenoxy) is 1. The lowest BCUT2D eigenvalue weighted by Gasteiger charge is -2.08. The third kappa shape index (κ3) is 3.20. The van der Waals surface area contributed by atoms with Gasteiger partial charge in [-0.15, -0.1) is 0 Å². The summed E-state index contributed by atoms with van der Waals surface area (Å²) in [5.74, 6) is 0.643. The minimum absolute atomic E-state index is 0.0211. The highest BCUT2D eigenvalue weighted by Gasteiger charge is 2.16. The van der Waals surface area contributed by atoms with Crippen LogP contribution in [0.5, 0.6) is 5.75 Å².